The van der Waals surface area contributed by atoms with Gasteiger partial charge in [-0.1, -0.05) is 18.2 Å². The Kier molecular flexibility index (Phi) is 10.9. The van der Waals surface area contributed by atoms with Crippen LogP contribution in [0, 0.1) is 0 Å². The van der Waals surface area contributed by atoms with Crippen LogP contribution >= 0.6 is 0 Å². The van der Waals surface area contributed by atoms with Crippen molar-refractivity contribution in [1.29, 1.82) is 0 Å². The SMILES string of the molecule is C[C@@H]1O[C@@H](O[C@@H]2[C@@H](O)[C@H](OCCc3ccc(O)cc3)O[C@H](COC(=O)C=Cc3ccc(O)c(O)c3)[C@H]2O)[C@H](O)[C@H](O)[C@H]1O. The topological polar surface area (TPSA) is 225 Å². The molecule has 0 bridgehead atoms. The summed E-state index contributed by atoms with van der Waals surface area (Å²) in [6.45, 7) is 0.966. The summed E-state index contributed by atoms with van der Waals surface area (Å²) in [5.74, 6) is -1.45. The van der Waals surface area contributed by atoms with E-state index in [0.717, 1.165) is 11.6 Å². The van der Waals surface area contributed by atoms with Crippen LogP contribution in [-0.2, 0) is 34.9 Å². The molecule has 0 aromatic heterocycles. The number of carbonyl (C=O) groups excluding carboxylic acids is 1. The van der Waals surface area contributed by atoms with Gasteiger partial charge in [0.15, 0.2) is 24.1 Å². The van der Waals surface area contributed by atoms with Crippen LogP contribution in [0.3, 0.4) is 0 Å². The number of ether oxygens (including phenoxy) is 5. The first kappa shape index (κ1) is 32.6. The second-order valence-corrected chi connectivity index (χ2v) is 10.3. The van der Waals surface area contributed by atoms with Gasteiger partial charge >= 0.3 is 5.97 Å². The number of rotatable bonds is 10. The molecule has 2 aromatic carbocycles. The van der Waals surface area contributed by atoms with Crippen LogP contribution in [0.5, 0.6) is 17.2 Å². The van der Waals surface area contributed by atoms with E-state index in [2.05, 4.69) is 0 Å². The van der Waals surface area contributed by atoms with Gasteiger partial charge < -0.3 is 64.5 Å². The number of carbonyl (C=O) groups is 1. The quantitative estimate of drug-likeness (QED) is 0.0947. The molecule has 236 valence electrons. The van der Waals surface area contributed by atoms with E-state index < -0.39 is 74.0 Å². The fourth-order valence-corrected chi connectivity index (χ4v) is 4.60. The van der Waals surface area contributed by atoms with Crippen molar-refractivity contribution in [3.8, 4) is 17.2 Å². The molecule has 2 fully saturated rings. The van der Waals surface area contributed by atoms with Crippen molar-refractivity contribution in [3.05, 3.63) is 59.7 Å². The van der Waals surface area contributed by atoms with Gasteiger partial charge in [-0.25, -0.2) is 4.79 Å². The van der Waals surface area contributed by atoms with Crippen LogP contribution in [0.2, 0.25) is 0 Å². The highest BCUT2D eigenvalue weighted by Gasteiger charge is 2.50. The molecule has 0 aliphatic carbocycles. The first-order chi connectivity index (χ1) is 20.4. The molecule has 0 spiro atoms. The van der Waals surface area contributed by atoms with E-state index in [4.69, 9.17) is 23.7 Å². The number of hydrogen-bond donors (Lipinski definition) is 8. The molecule has 0 amide bonds. The molecule has 2 aromatic rings. The summed E-state index contributed by atoms with van der Waals surface area (Å²) in [7, 11) is 0. The lowest BCUT2D eigenvalue weighted by molar-refractivity contribution is -0.357. The highest BCUT2D eigenvalue weighted by Crippen LogP contribution is 2.30. The van der Waals surface area contributed by atoms with Crippen molar-refractivity contribution in [2.24, 2.45) is 0 Å². The summed E-state index contributed by atoms with van der Waals surface area (Å²) in [4.78, 5) is 12.4. The van der Waals surface area contributed by atoms with E-state index in [1.54, 1.807) is 12.1 Å². The molecule has 14 heteroatoms. The van der Waals surface area contributed by atoms with Crippen molar-refractivity contribution in [2.75, 3.05) is 13.2 Å². The second kappa shape index (κ2) is 14.4. The Bertz CT molecular complexity index is 1240. The second-order valence-electron chi connectivity index (χ2n) is 10.3. The van der Waals surface area contributed by atoms with Crippen molar-refractivity contribution in [1.82, 2.24) is 0 Å². The number of esters is 1. The third-order valence-electron chi connectivity index (χ3n) is 7.15. The zero-order valence-electron chi connectivity index (χ0n) is 23.1. The lowest BCUT2D eigenvalue weighted by atomic mass is 9.97. The Morgan fingerprint density at radius 2 is 1.56 bits per heavy atom. The first-order valence-corrected chi connectivity index (χ1v) is 13.6. The summed E-state index contributed by atoms with van der Waals surface area (Å²) >= 11 is 0. The summed E-state index contributed by atoms with van der Waals surface area (Å²) in [6, 6.07) is 10.3. The molecular formula is C29H36O14. The van der Waals surface area contributed by atoms with Crippen molar-refractivity contribution >= 4 is 12.0 Å². The predicted molar refractivity (Wildman–Crippen MR) is 145 cm³/mol. The van der Waals surface area contributed by atoms with Gasteiger partial charge in [-0.05, 0) is 54.8 Å². The van der Waals surface area contributed by atoms with Gasteiger partial charge in [-0.15, -0.1) is 0 Å². The molecule has 0 saturated carbocycles. The van der Waals surface area contributed by atoms with E-state index in [-0.39, 0.29) is 23.9 Å². The number of aromatic hydroxyl groups is 3. The van der Waals surface area contributed by atoms with Crippen LogP contribution in [0.4, 0.5) is 0 Å². The Hall–Kier alpha value is -3.31. The standard InChI is InChI=1S/C29H36O14/c1-14-22(34)24(36)25(37)29(41-14)43-27-23(35)20(13-40-21(33)9-5-16-4-8-18(31)19(32)12-16)42-28(26(27)38)39-11-10-15-2-6-17(30)7-3-15/h2-9,12,14,20,22-32,34-38H,10-11,13H2,1H3/t14-,20+,22-,23+,24+,25+,26+,27-,28+,29-/m0/s1. The van der Waals surface area contributed by atoms with Gasteiger partial charge in [-0.2, -0.15) is 0 Å². The van der Waals surface area contributed by atoms with Gasteiger partial charge in [0.25, 0.3) is 0 Å². The Morgan fingerprint density at radius 1 is 0.837 bits per heavy atom. The average molecular weight is 609 g/mol. The van der Waals surface area contributed by atoms with Gasteiger partial charge in [0.1, 0.15) is 55.1 Å². The Labute approximate surface area is 246 Å². The molecule has 0 radical (unpaired) electrons. The number of phenols is 3. The Morgan fingerprint density at radius 3 is 2.26 bits per heavy atom. The number of aliphatic hydroxyl groups is 5. The van der Waals surface area contributed by atoms with Gasteiger partial charge in [0.2, 0.25) is 0 Å². The maximum Gasteiger partial charge on any atom is 0.330 e. The van der Waals surface area contributed by atoms with E-state index in [1.165, 1.54) is 43.3 Å². The van der Waals surface area contributed by atoms with Gasteiger partial charge in [0, 0.05) is 6.08 Å². The van der Waals surface area contributed by atoms with Crippen LogP contribution in [0.15, 0.2) is 48.5 Å². The lowest BCUT2D eigenvalue weighted by Gasteiger charge is -2.45. The maximum atomic E-state index is 12.4. The molecule has 14 nitrogen and oxygen atoms in total. The smallest absolute Gasteiger partial charge is 0.330 e. The number of benzene rings is 2. The molecule has 0 unspecified atom stereocenters. The van der Waals surface area contributed by atoms with Crippen molar-refractivity contribution < 1.29 is 69.3 Å². The van der Waals surface area contributed by atoms with Crippen LogP contribution in [-0.4, -0.2) is 121 Å². The summed E-state index contributed by atoms with van der Waals surface area (Å²) in [5.41, 5.74) is 1.21. The molecule has 43 heavy (non-hydrogen) atoms. The number of hydrogen-bond acceptors (Lipinski definition) is 14. The molecular weight excluding hydrogens is 572 g/mol. The molecule has 10 atom stereocenters. The first-order valence-electron chi connectivity index (χ1n) is 13.6. The number of aliphatic hydroxyl groups excluding tert-OH is 5. The fourth-order valence-electron chi connectivity index (χ4n) is 4.60. The van der Waals surface area contributed by atoms with Crippen LogP contribution in [0.25, 0.3) is 6.08 Å². The lowest BCUT2D eigenvalue weighted by Crippen LogP contribution is -2.64. The van der Waals surface area contributed by atoms with Crippen molar-refractivity contribution in [2.45, 2.75) is 74.8 Å². The third kappa shape index (κ3) is 8.20. The maximum absolute atomic E-state index is 12.4. The molecule has 4 rings (SSSR count). The largest absolute Gasteiger partial charge is 0.508 e. The minimum absolute atomic E-state index is 0.0362. The molecule has 2 saturated heterocycles. The highest BCUT2D eigenvalue weighted by molar-refractivity contribution is 5.87. The molecule has 8 N–H and O–H groups in total. The van der Waals surface area contributed by atoms with Gasteiger partial charge in [0.05, 0.1) is 12.7 Å². The predicted octanol–water partition coefficient (Wildman–Crippen LogP) is -0.722. The van der Waals surface area contributed by atoms with Gasteiger partial charge in [-0.3, -0.25) is 0 Å². The monoisotopic (exact) mass is 608 g/mol. The van der Waals surface area contributed by atoms with Crippen molar-refractivity contribution in [3.63, 3.8) is 0 Å². The van der Waals surface area contributed by atoms with Crippen LogP contribution < -0.4 is 0 Å². The van der Waals surface area contributed by atoms with E-state index in [0.29, 0.717) is 12.0 Å². The minimum Gasteiger partial charge on any atom is -0.508 e. The normalized spacial score (nSPS) is 33.0. The zero-order valence-corrected chi connectivity index (χ0v) is 23.1. The molecule has 2 heterocycles. The summed E-state index contributed by atoms with van der Waals surface area (Å²) in [6.07, 6.45) is -11.9. The number of phenolic OH excluding ortho intramolecular Hbond substituents is 3. The Balaban J connectivity index is 1.43. The van der Waals surface area contributed by atoms with E-state index in [9.17, 15) is 45.6 Å². The summed E-state index contributed by atoms with van der Waals surface area (Å²) in [5, 5.41) is 81.1. The third-order valence-corrected chi connectivity index (χ3v) is 7.15. The molecule has 2 aliphatic heterocycles. The summed E-state index contributed by atoms with van der Waals surface area (Å²) < 4.78 is 27.8. The zero-order chi connectivity index (χ0) is 31.3. The van der Waals surface area contributed by atoms with E-state index in [1.807, 2.05) is 0 Å². The van der Waals surface area contributed by atoms with E-state index >= 15 is 0 Å². The minimum atomic E-state index is -1.72. The molecule has 2 aliphatic rings. The fraction of sp³-hybridized carbons (Fsp3) is 0.483. The highest BCUT2D eigenvalue weighted by atomic mass is 16.7. The van der Waals surface area contributed by atoms with Crippen LogP contribution in [0.1, 0.15) is 18.1 Å². The average Bonchev–Trinajstić information content (AvgIpc) is 2.98.